The molecule has 0 unspecified atom stereocenters. The second kappa shape index (κ2) is 2.58. The van der Waals surface area contributed by atoms with Crippen LogP contribution in [-0.4, -0.2) is 23.9 Å². The van der Waals surface area contributed by atoms with E-state index in [1.165, 1.54) is 38.5 Å². The molecule has 4 saturated carbocycles. The first-order valence-corrected chi connectivity index (χ1v) is 6.57. The Balaban J connectivity index is 1.43. The zero-order chi connectivity index (χ0) is 10.0. The van der Waals surface area contributed by atoms with Gasteiger partial charge in [0.2, 0.25) is 5.91 Å². The fraction of sp³-hybridized carbons (Fsp3) is 0.923. The summed E-state index contributed by atoms with van der Waals surface area (Å²) in [4.78, 5) is 14.6. The average Bonchev–Trinajstić information content (AvgIpc) is 2.97. The molecule has 0 atom stereocenters. The van der Waals surface area contributed by atoms with Crippen molar-refractivity contribution < 1.29 is 4.79 Å². The van der Waals surface area contributed by atoms with Crippen molar-refractivity contribution in [2.75, 3.05) is 13.1 Å². The lowest BCUT2D eigenvalue weighted by atomic mass is 10.1. The Bertz CT molecular complexity index is 296. The van der Waals surface area contributed by atoms with Gasteiger partial charge in [-0.1, -0.05) is 0 Å². The first-order valence-electron chi connectivity index (χ1n) is 6.57. The van der Waals surface area contributed by atoms with Crippen LogP contribution in [0, 0.1) is 23.2 Å². The van der Waals surface area contributed by atoms with Crippen molar-refractivity contribution in [3.8, 4) is 0 Å². The van der Waals surface area contributed by atoms with Gasteiger partial charge in [-0.05, 0) is 56.3 Å². The van der Waals surface area contributed by atoms with Gasteiger partial charge in [0.15, 0.2) is 0 Å². The fourth-order valence-electron chi connectivity index (χ4n) is 2.83. The summed E-state index contributed by atoms with van der Waals surface area (Å²) in [5.41, 5.74) is 0.212. The van der Waals surface area contributed by atoms with E-state index in [9.17, 15) is 4.79 Å². The minimum absolute atomic E-state index is 0.212. The molecule has 4 rings (SSSR count). The van der Waals surface area contributed by atoms with Gasteiger partial charge in [0.1, 0.15) is 0 Å². The number of fused-ring (bicyclic) bond motifs is 1. The third kappa shape index (κ3) is 1.41. The van der Waals surface area contributed by atoms with Crippen molar-refractivity contribution in [1.29, 1.82) is 0 Å². The SMILES string of the molecule is O=C(N(CC1CC1)CC1CC1)C12CC1C2. The maximum Gasteiger partial charge on any atom is 0.229 e. The van der Waals surface area contributed by atoms with Crippen LogP contribution in [-0.2, 0) is 4.79 Å². The second-order valence-electron chi connectivity index (χ2n) is 6.36. The Morgan fingerprint density at radius 3 is 1.87 bits per heavy atom. The van der Waals surface area contributed by atoms with E-state index in [0.29, 0.717) is 5.91 Å². The van der Waals surface area contributed by atoms with Gasteiger partial charge in [-0.3, -0.25) is 4.79 Å². The van der Waals surface area contributed by atoms with Crippen LogP contribution in [0.4, 0.5) is 0 Å². The Hall–Kier alpha value is -0.530. The van der Waals surface area contributed by atoms with Gasteiger partial charge in [-0.15, -0.1) is 0 Å². The van der Waals surface area contributed by atoms with Crippen LogP contribution in [0.15, 0.2) is 0 Å². The van der Waals surface area contributed by atoms with Crippen LogP contribution >= 0.6 is 0 Å². The predicted molar refractivity (Wildman–Crippen MR) is 57.2 cm³/mol. The minimum atomic E-state index is 0.212. The van der Waals surface area contributed by atoms with E-state index in [1.54, 1.807) is 0 Å². The van der Waals surface area contributed by atoms with Crippen LogP contribution in [0.2, 0.25) is 0 Å². The van der Waals surface area contributed by atoms with Crippen molar-refractivity contribution in [1.82, 2.24) is 4.90 Å². The van der Waals surface area contributed by atoms with Gasteiger partial charge in [0, 0.05) is 13.1 Å². The second-order valence-corrected chi connectivity index (χ2v) is 6.36. The Morgan fingerprint density at radius 2 is 1.53 bits per heavy atom. The number of carbonyl (C=O) groups is 1. The monoisotopic (exact) mass is 205 g/mol. The summed E-state index contributed by atoms with van der Waals surface area (Å²) in [5, 5.41) is 0. The summed E-state index contributed by atoms with van der Waals surface area (Å²) >= 11 is 0. The first-order chi connectivity index (χ1) is 7.28. The number of rotatable bonds is 5. The Kier molecular flexibility index (Phi) is 1.48. The summed E-state index contributed by atoms with van der Waals surface area (Å²) < 4.78 is 0. The molecule has 82 valence electrons. The predicted octanol–water partition coefficient (Wildman–Crippen LogP) is 2.04. The molecule has 15 heavy (non-hydrogen) atoms. The van der Waals surface area contributed by atoms with E-state index in [4.69, 9.17) is 0 Å². The number of amides is 1. The van der Waals surface area contributed by atoms with Gasteiger partial charge < -0.3 is 4.90 Å². The van der Waals surface area contributed by atoms with Gasteiger partial charge in [-0.2, -0.15) is 0 Å². The molecule has 2 heteroatoms. The molecule has 4 fully saturated rings. The highest BCUT2D eigenvalue weighted by molar-refractivity contribution is 5.90. The van der Waals surface area contributed by atoms with E-state index in [2.05, 4.69) is 4.90 Å². The molecule has 0 aromatic heterocycles. The molecule has 0 N–H and O–H groups in total. The zero-order valence-corrected chi connectivity index (χ0v) is 9.24. The highest BCUT2D eigenvalue weighted by Crippen LogP contribution is 2.76. The lowest BCUT2D eigenvalue weighted by Crippen LogP contribution is -2.37. The smallest absolute Gasteiger partial charge is 0.229 e. The van der Waals surface area contributed by atoms with Crippen LogP contribution in [0.3, 0.4) is 0 Å². The quantitative estimate of drug-likeness (QED) is 0.672. The van der Waals surface area contributed by atoms with Gasteiger partial charge >= 0.3 is 0 Å². The van der Waals surface area contributed by atoms with Gasteiger partial charge in [-0.25, -0.2) is 0 Å². The summed E-state index contributed by atoms with van der Waals surface area (Å²) in [7, 11) is 0. The van der Waals surface area contributed by atoms with Gasteiger partial charge in [0.25, 0.3) is 0 Å². The average molecular weight is 205 g/mol. The number of nitrogens with zero attached hydrogens (tertiary/aromatic N) is 1. The topological polar surface area (TPSA) is 20.3 Å². The molecule has 0 saturated heterocycles. The van der Waals surface area contributed by atoms with E-state index in [1.807, 2.05) is 0 Å². The van der Waals surface area contributed by atoms with E-state index >= 15 is 0 Å². The minimum Gasteiger partial charge on any atom is -0.342 e. The molecule has 0 bridgehead atoms. The standard InChI is InChI=1S/C13H19NO/c15-12(13-5-11(13)6-13)14(7-9-1-2-9)8-10-3-4-10/h9-11H,1-8H2. The molecule has 0 aromatic carbocycles. The van der Waals surface area contributed by atoms with Crippen LogP contribution in [0.25, 0.3) is 0 Å². The molecule has 0 spiro atoms. The molecule has 0 radical (unpaired) electrons. The van der Waals surface area contributed by atoms with Crippen LogP contribution < -0.4 is 0 Å². The van der Waals surface area contributed by atoms with Crippen LogP contribution in [0.5, 0.6) is 0 Å². The van der Waals surface area contributed by atoms with Crippen molar-refractivity contribution >= 4 is 5.91 Å². The highest BCUT2D eigenvalue weighted by Gasteiger charge is 2.75. The van der Waals surface area contributed by atoms with E-state index in [-0.39, 0.29) is 5.41 Å². The van der Waals surface area contributed by atoms with E-state index in [0.717, 1.165) is 30.8 Å². The molecule has 4 aliphatic carbocycles. The van der Waals surface area contributed by atoms with Crippen molar-refractivity contribution in [2.45, 2.75) is 38.5 Å². The Labute approximate surface area is 91.0 Å². The molecule has 4 aliphatic rings. The van der Waals surface area contributed by atoms with Crippen LogP contribution in [0.1, 0.15) is 38.5 Å². The van der Waals surface area contributed by atoms with Crippen molar-refractivity contribution in [3.63, 3.8) is 0 Å². The summed E-state index contributed by atoms with van der Waals surface area (Å²) in [6.07, 6.45) is 7.90. The zero-order valence-electron chi connectivity index (χ0n) is 9.24. The number of hydrogen-bond donors (Lipinski definition) is 0. The largest absolute Gasteiger partial charge is 0.342 e. The molecule has 0 heterocycles. The van der Waals surface area contributed by atoms with E-state index < -0.39 is 0 Å². The highest BCUT2D eigenvalue weighted by atomic mass is 16.2. The maximum absolute atomic E-state index is 12.3. The molecular weight excluding hydrogens is 186 g/mol. The molecular formula is C13H19NO. The first kappa shape index (κ1) is 8.60. The summed E-state index contributed by atoms with van der Waals surface area (Å²) in [6, 6.07) is 0. The molecule has 0 aromatic rings. The van der Waals surface area contributed by atoms with Crippen molar-refractivity contribution in [3.05, 3.63) is 0 Å². The molecule has 1 amide bonds. The lowest BCUT2D eigenvalue weighted by Gasteiger charge is -2.24. The normalized spacial score (nSPS) is 40.9. The maximum atomic E-state index is 12.3. The molecule has 0 aliphatic heterocycles. The molecule has 2 nitrogen and oxygen atoms in total. The number of hydrogen-bond acceptors (Lipinski definition) is 1. The third-order valence-corrected chi connectivity index (χ3v) is 4.75. The summed E-state index contributed by atoms with van der Waals surface area (Å²) in [6.45, 7) is 2.17. The van der Waals surface area contributed by atoms with Crippen molar-refractivity contribution in [2.24, 2.45) is 23.2 Å². The lowest BCUT2D eigenvalue weighted by molar-refractivity contribution is -0.135. The Morgan fingerprint density at radius 1 is 1.07 bits per heavy atom. The van der Waals surface area contributed by atoms with Gasteiger partial charge in [0.05, 0.1) is 5.41 Å². The fourth-order valence-corrected chi connectivity index (χ4v) is 2.83. The number of carbonyl (C=O) groups excluding carboxylic acids is 1. The third-order valence-electron chi connectivity index (χ3n) is 4.75. The summed E-state index contributed by atoms with van der Waals surface area (Å²) in [5.74, 6) is 3.07.